The Morgan fingerprint density at radius 2 is 2.24 bits per heavy atom. The Balaban J connectivity index is 1.61. The van der Waals surface area contributed by atoms with Gasteiger partial charge in [-0.15, -0.1) is 0 Å². The van der Waals surface area contributed by atoms with Crippen LogP contribution in [0.2, 0.25) is 0 Å². The van der Waals surface area contributed by atoms with Crippen molar-refractivity contribution in [1.29, 1.82) is 0 Å². The van der Waals surface area contributed by atoms with Crippen molar-refractivity contribution in [3.8, 4) is 0 Å². The summed E-state index contributed by atoms with van der Waals surface area (Å²) in [5.74, 6) is 0.594. The Kier molecular flexibility index (Phi) is 5.90. The maximum Gasteiger partial charge on any atom is 0.211 e. The predicted octanol–water partition coefficient (Wildman–Crippen LogP) is 2.83. The minimum absolute atomic E-state index is 0.142. The van der Waals surface area contributed by atoms with Gasteiger partial charge in [0.2, 0.25) is 5.90 Å². The van der Waals surface area contributed by atoms with Crippen LogP contribution >= 0.6 is 0 Å². The molecule has 0 aliphatic carbocycles. The van der Waals surface area contributed by atoms with Gasteiger partial charge >= 0.3 is 0 Å². The summed E-state index contributed by atoms with van der Waals surface area (Å²) in [5, 5.41) is 3.66. The average molecular weight is 343 g/mol. The normalized spacial score (nSPS) is 25.4. The zero-order chi connectivity index (χ0) is 17.5. The van der Waals surface area contributed by atoms with Gasteiger partial charge in [-0.2, -0.15) is 0 Å². The van der Waals surface area contributed by atoms with E-state index in [2.05, 4.69) is 15.0 Å². The van der Waals surface area contributed by atoms with E-state index in [1.165, 1.54) is 0 Å². The van der Waals surface area contributed by atoms with Gasteiger partial charge in [0, 0.05) is 23.6 Å². The number of ether oxygens (including phenoxy) is 3. The molecule has 0 saturated carbocycles. The Morgan fingerprint density at radius 3 is 2.92 bits per heavy atom. The quantitative estimate of drug-likeness (QED) is 0.451. The first kappa shape index (κ1) is 17.3. The first-order chi connectivity index (χ1) is 12.3. The molecular weight excluding hydrogens is 322 g/mol. The van der Waals surface area contributed by atoms with E-state index in [0.29, 0.717) is 25.6 Å². The van der Waals surface area contributed by atoms with Crippen molar-refractivity contribution in [3.63, 3.8) is 0 Å². The standard InChI is InChI=1S/C17H21N5O3/c1-23-16-7-8-22(12-19-16)17-9-14(15(25-17)10-20-21-18)24-11-13-5-3-2-4-6-13/h2-8,14-15,17H,9-12H2,1H3/t14-,15+,17+/m0/s1. The van der Waals surface area contributed by atoms with Crippen LogP contribution in [0.15, 0.2) is 52.7 Å². The summed E-state index contributed by atoms with van der Waals surface area (Å²) >= 11 is 0. The summed E-state index contributed by atoms with van der Waals surface area (Å²) in [7, 11) is 1.59. The lowest BCUT2D eigenvalue weighted by Crippen LogP contribution is -2.33. The molecule has 0 unspecified atom stereocenters. The Labute approximate surface area is 146 Å². The third-order valence-corrected chi connectivity index (χ3v) is 4.19. The molecule has 1 aromatic rings. The predicted molar refractivity (Wildman–Crippen MR) is 92.6 cm³/mol. The molecule has 8 nitrogen and oxygen atoms in total. The molecule has 0 bridgehead atoms. The van der Waals surface area contributed by atoms with Crippen molar-refractivity contribution in [3.05, 3.63) is 58.6 Å². The van der Waals surface area contributed by atoms with Crippen molar-refractivity contribution in [2.75, 3.05) is 20.3 Å². The maximum atomic E-state index is 8.60. The highest BCUT2D eigenvalue weighted by molar-refractivity contribution is 5.87. The van der Waals surface area contributed by atoms with E-state index in [1.54, 1.807) is 13.2 Å². The highest BCUT2D eigenvalue weighted by Crippen LogP contribution is 2.28. The lowest BCUT2D eigenvalue weighted by molar-refractivity contribution is -0.0531. The number of rotatable bonds is 6. The number of nitrogens with zero attached hydrogens (tertiary/aromatic N) is 5. The maximum absolute atomic E-state index is 8.60. The second-order valence-corrected chi connectivity index (χ2v) is 5.79. The van der Waals surface area contributed by atoms with Gasteiger partial charge in [-0.25, -0.2) is 4.99 Å². The summed E-state index contributed by atoms with van der Waals surface area (Å²) in [6.07, 6.45) is 3.80. The number of aliphatic imine (C=N–C) groups is 1. The fraction of sp³-hybridized carbons (Fsp3) is 0.471. The Bertz CT molecular complexity index is 672. The number of azide groups is 1. The molecule has 2 aliphatic rings. The minimum Gasteiger partial charge on any atom is -0.481 e. The van der Waals surface area contributed by atoms with E-state index in [-0.39, 0.29) is 25.0 Å². The van der Waals surface area contributed by atoms with Crippen LogP contribution in [0.5, 0.6) is 0 Å². The second kappa shape index (κ2) is 8.53. The molecule has 1 aromatic carbocycles. The molecule has 1 saturated heterocycles. The molecule has 2 heterocycles. The monoisotopic (exact) mass is 343 g/mol. The van der Waals surface area contributed by atoms with Crippen LogP contribution < -0.4 is 0 Å². The van der Waals surface area contributed by atoms with E-state index >= 15 is 0 Å². The summed E-state index contributed by atoms with van der Waals surface area (Å²) in [6.45, 7) is 1.21. The lowest BCUT2D eigenvalue weighted by atomic mass is 10.1. The highest BCUT2D eigenvalue weighted by atomic mass is 16.6. The largest absolute Gasteiger partial charge is 0.481 e. The molecule has 0 N–H and O–H groups in total. The van der Waals surface area contributed by atoms with Gasteiger partial charge in [-0.1, -0.05) is 35.4 Å². The van der Waals surface area contributed by atoms with Crippen molar-refractivity contribution in [2.24, 2.45) is 10.1 Å². The molecule has 0 radical (unpaired) electrons. The Hall–Kier alpha value is -2.54. The van der Waals surface area contributed by atoms with Crippen LogP contribution in [0, 0.1) is 0 Å². The zero-order valence-corrected chi connectivity index (χ0v) is 14.1. The molecule has 3 rings (SSSR count). The molecule has 25 heavy (non-hydrogen) atoms. The molecule has 132 valence electrons. The van der Waals surface area contributed by atoms with E-state index in [4.69, 9.17) is 19.7 Å². The Morgan fingerprint density at radius 1 is 1.40 bits per heavy atom. The molecule has 3 atom stereocenters. The zero-order valence-electron chi connectivity index (χ0n) is 14.1. The summed E-state index contributed by atoms with van der Waals surface area (Å²) in [4.78, 5) is 9.13. The molecule has 2 aliphatic heterocycles. The topological polar surface area (TPSA) is 92.1 Å². The number of benzene rings is 1. The smallest absolute Gasteiger partial charge is 0.211 e. The van der Waals surface area contributed by atoms with E-state index < -0.39 is 0 Å². The number of methoxy groups -OCH3 is 1. The summed E-state index contributed by atoms with van der Waals surface area (Å²) < 4.78 is 17.2. The van der Waals surface area contributed by atoms with Gasteiger partial charge < -0.3 is 19.1 Å². The van der Waals surface area contributed by atoms with Crippen LogP contribution in [0.1, 0.15) is 12.0 Å². The van der Waals surface area contributed by atoms with Crippen molar-refractivity contribution in [2.45, 2.75) is 31.5 Å². The van der Waals surface area contributed by atoms with E-state index in [0.717, 1.165) is 5.56 Å². The van der Waals surface area contributed by atoms with Gasteiger partial charge in [0.05, 0.1) is 32.5 Å². The number of hydrogen-bond donors (Lipinski definition) is 0. The van der Waals surface area contributed by atoms with Crippen molar-refractivity contribution >= 4 is 5.90 Å². The van der Waals surface area contributed by atoms with Crippen molar-refractivity contribution in [1.82, 2.24) is 4.90 Å². The van der Waals surface area contributed by atoms with Gasteiger partial charge in [-0.3, -0.25) is 0 Å². The average Bonchev–Trinajstić information content (AvgIpc) is 3.08. The van der Waals surface area contributed by atoms with Gasteiger partial charge in [0.1, 0.15) is 12.9 Å². The number of hydrogen-bond acceptors (Lipinski definition) is 6. The summed E-state index contributed by atoms with van der Waals surface area (Å²) in [6, 6.07) is 9.97. The van der Waals surface area contributed by atoms with Crippen LogP contribution in [-0.4, -0.2) is 49.6 Å². The third kappa shape index (κ3) is 4.51. The summed E-state index contributed by atoms with van der Waals surface area (Å²) in [5.41, 5.74) is 9.70. The minimum atomic E-state index is -0.272. The second-order valence-electron chi connectivity index (χ2n) is 5.79. The van der Waals surface area contributed by atoms with Crippen LogP contribution in [0.3, 0.4) is 0 Å². The molecule has 1 fully saturated rings. The first-order valence-corrected chi connectivity index (χ1v) is 8.14. The third-order valence-electron chi connectivity index (χ3n) is 4.19. The SMILES string of the molecule is COC1=NCN([C@H]2C[C@H](OCc3ccccc3)[C@@H](CN=[N+]=[N-])O2)C=C1. The van der Waals surface area contributed by atoms with Crippen LogP contribution in [0.4, 0.5) is 0 Å². The first-order valence-electron chi connectivity index (χ1n) is 8.14. The van der Waals surface area contributed by atoms with E-state index in [1.807, 2.05) is 41.4 Å². The fourth-order valence-electron chi connectivity index (χ4n) is 2.87. The van der Waals surface area contributed by atoms with Crippen molar-refractivity contribution < 1.29 is 14.2 Å². The highest BCUT2D eigenvalue weighted by Gasteiger charge is 2.38. The van der Waals surface area contributed by atoms with Gasteiger partial charge in [0.25, 0.3) is 0 Å². The fourth-order valence-corrected chi connectivity index (χ4v) is 2.87. The van der Waals surface area contributed by atoms with Crippen LogP contribution in [-0.2, 0) is 20.8 Å². The van der Waals surface area contributed by atoms with E-state index in [9.17, 15) is 0 Å². The van der Waals surface area contributed by atoms with Crippen LogP contribution in [0.25, 0.3) is 10.4 Å². The molecular formula is C17H21N5O3. The molecule has 0 aromatic heterocycles. The molecule has 0 amide bonds. The molecule has 8 heteroatoms. The lowest BCUT2D eigenvalue weighted by Gasteiger charge is -2.27. The van der Waals surface area contributed by atoms with Gasteiger partial charge in [-0.05, 0) is 11.1 Å². The van der Waals surface area contributed by atoms with Gasteiger partial charge in [0.15, 0.2) is 0 Å². The molecule has 0 spiro atoms.